The van der Waals surface area contributed by atoms with Crippen molar-refractivity contribution in [3.63, 3.8) is 0 Å². The summed E-state index contributed by atoms with van der Waals surface area (Å²) < 4.78 is 0. The highest BCUT2D eigenvalue weighted by atomic mass is 16.4. The van der Waals surface area contributed by atoms with E-state index in [0.29, 0.717) is 19.5 Å². The van der Waals surface area contributed by atoms with E-state index in [9.17, 15) is 14.7 Å². The molecule has 7 nitrogen and oxygen atoms in total. The molecule has 0 bridgehead atoms. The lowest BCUT2D eigenvalue weighted by atomic mass is 9.94. The van der Waals surface area contributed by atoms with Crippen LogP contribution < -0.4 is 0 Å². The number of hydrogen-bond acceptors (Lipinski definition) is 4. The summed E-state index contributed by atoms with van der Waals surface area (Å²) in [6.07, 6.45) is 0.370. The van der Waals surface area contributed by atoms with Gasteiger partial charge in [0.1, 0.15) is 0 Å². The number of carbonyl (C=O) groups excluding carboxylic acids is 1. The summed E-state index contributed by atoms with van der Waals surface area (Å²) in [6.45, 7) is 0.797. The second kappa shape index (κ2) is 8.92. The highest BCUT2D eigenvalue weighted by Crippen LogP contribution is 2.33. The van der Waals surface area contributed by atoms with Gasteiger partial charge < -0.3 is 15.1 Å². The van der Waals surface area contributed by atoms with E-state index in [2.05, 4.69) is 10.2 Å². The van der Waals surface area contributed by atoms with Crippen LogP contribution in [0.15, 0.2) is 54.6 Å². The monoisotopic (exact) mass is 407 g/mol. The first kappa shape index (κ1) is 21.3. The summed E-state index contributed by atoms with van der Waals surface area (Å²) in [7, 11) is 0. The smallest absolute Gasteiger partial charge is 0.335 e. The number of rotatable bonds is 6. The average Bonchev–Trinajstić information content (AvgIpc) is 3.33. The van der Waals surface area contributed by atoms with Gasteiger partial charge in [-0.1, -0.05) is 49.9 Å². The van der Waals surface area contributed by atoms with Crippen LogP contribution in [0.4, 0.5) is 0 Å². The molecule has 2 heterocycles. The molecule has 0 aliphatic carbocycles. The number of aromatic carboxylic acids is 1. The van der Waals surface area contributed by atoms with E-state index in [0.717, 1.165) is 28.1 Å². The van der Waals surface area contributed by atoms with Crippen LogP contribution in [-0.4, -0.2) is 43.8 Å². The Balaban J connectivity index is 0.00000256. The normalized spacial score (nSPS) is 13.4. The van der Waals surface area contributed by atoms with Crippen LogP contribution in [0, 0.1) is 0 Å². The number of hydrogen-bond donors (Lipinski definition) is 3. The standard InChI is InChI=1S/C22H21N3O4.CH4/c26-11-10-17(14-4-2-1-3-5-14)21(27)25-12-18-19(13-25)23-24-20(18)15-6-8-16(9-7-15)22(28)29;/h1-9,17,26H,10-13H2,(H,23,24)(H,28,29);1H4. The van der Waals surface area contributed by atoms with E-state index in [1.807, 2.05) is 30.3 Å². The number of amides is 1. The zero-order valence-corrected chi connectivity index (χ0v) is 15.7. The number of aliphatic hydroxyl groups is 1. The third-order valence-corrected chi connectivity index (χ3v) is 5.29. The zero-order chi connectivity index (χ0) is 20.4. The van der Waals surface area contributed by atoms with Crippen molar-refractivity contribution in [2.75, 3.05) is 6.61 Å². The molecule has 1 aliphatic rings. The van der Waals surface area contributed by atoms with Gasteiger partial charge in [-0.25, -0.2) is 4.79 Å². The Bertz CT molecular complexity index is 1030. The maximum atomic E-state index is 13.2. The van der Waals surface area contributed by atoms with E-state index in [1.165, 1.54) is 0 Å². The second-order valence-corrected chi connectivity index (χ2v) is 7.08. The molecule has 0 fully saturated rings. The predicted molar refractivity (Wildman–Crippen MR) is 113 cm³/mol. The Morgan fingerprint density at radius 1 is 1.07 bits per heavy atom. The van der Waals surface area contributed by atoms with Crippen molar-refractivity contribution in [2.24, 2.45) is 0 Å². The van der Waals surface area contributed by atoms with Gasteiger partial charge in [0.05, 0.1) is 36.0 Å². The summed E-state index contributed by atoms with van der Waals surface area (Å²) in [6, 6.07) is 16.0. The van der Waals surface area contributed by atoms with Gasteiger partial charge in [-0.2, -0.15) is 5.10 Å². The van der Waals surface area contributed by atoms with Crippen molar-refractivity contribution in [1.29, 1.82) is 0 Å². The number of benzene rings is 2. The van der Waals surface area contributed by atoms with Crippen LogP contribution in [0.25, 0.3) is 11.3 Å². The molecular formula is C23H25N3O4. The average molecular weight is 407 g/mol. The van der Waals surface area contributed by atoms with Gasteiger partial charge in [0, 0.05) is 17.7 Å². The van der Waals surface area contributed by atoms with Gasteiger partial charge >= 0.3 is 5.97 Å². The molecule has 1 atom stereocenters. The summed E-state index contributed by atoms with van der Waals surface area (Å²) in [5, 5.41) is 25.9. The Labute approximate surface area is 175 Å². The van der Waals surface area contributed by atoms with Crippen molar-refractivity contribution in [2.45, 2.75) is 32.9 Å². The highest BCUT2D eigenvalue weighted by Gasteiger charge is 2.32. The van der Waals surface area contributed by atoms with Crippen molar-refractivity contribution in [1.82, 2.24) is 15.1 Å². The SMILES string of the molecule is C.O=C(O)c1ccc(-c2n[nH]c3c2CN(C(=O)C(CCO)c2ccccc2)C3)cc1. The number of carboxylic acid groups (broad SMARTS) is 1. The number of carboxylic acids is 1. The number of fused-ring (bicyclic) bond motifs is 1. The number of aliphatic hydroxyl groups excluding tert-OH is 1. The molecule has 0 saturated carbocycles. The molecule has 7 heteroatoms. The fourth-order valence-electron chi connectivity index (χ4n) is 3.77. The number of aromatic amines is 1. The minimum absolute atomic E-state index is 0. The summed E-state index contributed by atoms with van der Waals surface area (Å²) in [5.74, 6) is -1.39. The topological polar surface area (TPSA) is 107 Å². The molecule has 1 unspecified atom stereocenters. The van der Waals surface area contributed by atoms with Gasteiger partial charge in [0.25, 0.3) is 0 Å². The van der Waals surface area contributed by atoms with Crippen LogP contribution in [0.1, 0.15) is 46.9 Å². The molecule has 3 N–H and O–H groups in total. The van der Waals surface area contributed by atoms with Crippen molar-refractivity contribution >= 4 is 11.9 Å². The second-order valence-electron chi connectivity index (χ2n) is 7.08. The maximum Gasteiger partial charge on any atom is 0.335 e. The Hall–Kier alpha value is -3.45. The lowest BCUT2D eigenvalue weighted by molar-refractivity contribution is -0.133. The summed E-state index contributed by atoms with van der Waals surface area (Å²) in [5.41, 5.74) is 4.46. The quantitative estimate of drug-likeness (QED) is 0.580. The van der Waals surface area contributed by atoms with Gasteiger partial charge in [-0.15, -0.1) is 0 Å². The van der Waals surface area contributed by atoms with E-state index >= 15 is 0 Å². The molecule has 30 heavy (non-hydrogen) atoms. The third-order valence-electron chi connectivity index (χ3n) is 5.29. The Morgan fingerprint density at radius 3 is 2.40 bits per heavy atom. The molecule has 1 amide bonds. The molecule has 2 aromatic carbocycles. The van der Waals surface area contributed by atoms with Crippen LogP contribution in [0.2, 0.25) is 0 Å². The van der Waals surface area contributed by atoms with Gasteiger partial charge in [-0.05, 0) is 24.1 Å². The van der Waals surface area contributed by atoms with Gasteiger partial charge in [0.15, 0.2) is 0 Å². The molecule has 3 aromatic rings. The van der Waals surface area contributed by atoms with Crippen molar-refractivity contribution < 1.29 is 19.8 Å². The molecular weight excluding hydrogens is 382 g/mol. The zero-order valence-electron chi connectivity index (χ0n) is 15.7. The number of nitrogens with zero attached hydrogens (tertiary/aromatic N) is 2. The van der Waals surface area contributed by atoms with E-state index < -0.39 is 11.9 Å². The predicted octanol–water partition coefficient (Wildman–Crippen LogP) is 3.42. The van der Waals surface area contributed by atoms with Crippen LogP contribution in [0.3, 0.4) is 0 Å². The van der Waals surface area contributed by atoms with E-state index in [1.54, 1.807) is 29.2 Å². The van der Waals surface area contributed by atoms with Crippen molar-refractivity contribution in [3.8, 4) is 11.3 Å². The minimum atomic E-state index is -0.976. The number of carbonyl (C=O) groups is 2. The molecule has 156 valence electrons. The molecule has 1 aliphatic heterocycles. The number of nitrogens with one attached hydrogen (secondary N) is 1. The molecule has 0 radical (unpaired) electrons. The molecule has 4 rings (SSSR count). The fraction of sp³-hybridized carbons (Fsp3) is 0.261. The van der Waals surface area contributed by atoms with Crippen LogP contribution >= 0.6 is 0 Å². The largest absolute Gasteiger partial charge is 0.478 e. The van der Waals surface area contributed by atoms with Crippen LogP contribution in [-0.2, 0) is 17.9 Å². The summed E-state index contributed by atoms with van der Waals surface area (Å²) >= 11 is 0. The van der Waals surface area contributed by atoms with Crippen molar-refractivity contribution in [3.05, 3.63) is 77.0 Å². The highest BCUT2D eigenvalue weighted by molar-refractivity contribution is 5.88. The first-order valence-electron chi connectivity index (χ1n) is 9.43. The number of aromatic nitrogens is 2. The maximum absolute atomic E-state index is 13.2. The molecule has 1 aromatic heterocycles. The first-order chi connectivity index (χ1) is 14.1. The summed E-state index contributed by atoms with van der Waals surface area (Å²) in [4.78, 5) is 26.0. The lowest BCUT2D eigenvalue weighted by Gasteiger charge is -2.23. The fourth-order valence-corrected chi connectivity index (χ4v) is 3.77. The van der Waals surface area contributed by atoms with Gasteiger partial charge in [0.2, 0.25) is 5.91 Å². The number of H-pyrrole nitrogens is 1. The van der Waals surface area contributed by atoms with E-state index in [4.69, 9.17) is 5.11 Å². The Kier molecular flexibility index (Phi) is 6.32. The van der Waals surface area contributed by atoms with E-state index in [-0.39, 0.29) is 25.5 Å². The molecule has 0 spiro atoms. The lowest BCUT2D eigenvalue weighted by Crippen LogP contribution is -2.31. The molecule has 0 saturated heterocycles. The minimum Gasteiger partial charge on any atom is -0.478 e. The Morgan fingerprint density at radius 2 is 1.77 bits per heavy atom. The van der Waals surface area contributed by atoms with Gasteiger partial charge in [-0.3, -0.25) is 9.89 Å². The van der Waals surface area contributed by atoms with Crippen LogP contribution in [0.5, 0.6) is 0 Å². The first-order valence-corrected chi connectivity index (χ1v) is 9.43. The third kappa shape index (κ3) is 3.97.